The van der Waals surface area contributed by atoms with E-state index in [9.17, 15) is 9.59 Å². The lowest BCUT2D eigenvalue weighted by molar-refractivity contribution is 0.0516. The van der Waals surface area contributed by atoms with Crippen molar-refractivity contribution in [3.05, 3.63) is 60.4 Å². The number of hydrogen-bond donors (Lipinski definition) is 1. The summed E-state index contributed by atoms with van der Waals surface area (Å²) >= 11 is 0. The second kappa shape index (κ2) is 7.38. The number of aromatic carboxylic acids is 1. The smallest absolute Gasteiger partial charge is 0.358 e. The Bertz CT molecular complexity index is 1070. The zero-order chi connectivity index (χ0) is 18.5. The Morgan fingerprint density at radius 3 is 2.08 bits per heavy atom. The summed E-state index contributed by atoms with van der Waals surface area (Å²) in [6.07, 6.45) is 5.85. The summed E-state index contributed by atoms with van der Waals surface area (Å²) in [4.78, 5) is 29.9. The fourth-order valence-corrected chi connectivity index (χ4v) is 2.15. The largest absolute Gasteiger partial charge is 0.476 e. The van der Waals surface area contributed by atoms with Crippen LogP contribution in [0, 0.1) is 0 Å². The van der Waals surface area contributed by atoms with Gasteiger partial charge in [-0.25, -0.2) is 28.6 Å². The molecule has 0 aromatic carbocycles. The molecule has 4 rings (SSSR count). The molecular weight excluding hydrogens is 340 g/mol. The molecule has 10 heteroatoms. The molecule has 0 amide bonds. The second-order valence-corrected chi connectivity index (χ2v) is 4.90. The maximum Gasteiger partial charge on any atom is 0.358 e. The molecule has 0 unspecified atom stereocenters. The van der Waals surface area contributed by atoms with Crippen LogP contribution in [0.1, 0.15) is 27.9 Å². The van der Waals surface area contributed by atoms with E-state index < -0.39 is 11.9 Å². The highest BCUT2D eigenvalue weighted by molar-refractivity contribution is 5.88. The minimum Gasteiger partial charge on any atom is -0.476 e. The van der Waals surface area contributed by atoms with Crippen LogP contribution in [-0.4, -0.2) is 52.8 Å². The summed E-state index contributed by atoms with van der Waals surface area (Å²) in [5.74, 6) is -1.43. The normalized spacial score (nSPS) is 10.3. The molecule has 0 saturated carbocycles. The van der Waals surface area contributed by atoms with Gasteiger partial charge in [-0.2, -0.15) is 10.2 Å². The first-order chi connectivity index (χ1) is 12.6. The predicted octanol–water partition coefficient (Wildman–Crippen LogP) is 1.33. The molecule has 4 aromatic rings. The first-order valence-corrected chi connectivity index (χ1v) is 7.59. The fourth-order valence-electron chi connectivity index (χ4n) is 2.15. The number of carboxylic acids is 1. The van der Waals surface area contributed by atoms with E-state index in [-0.39, 0.29) is 5.69 Å². The molecule has 10 nitrogen and oxygen atoms in total. The van der Waals surface area contributed by atoms with Gasteiger partial charge in [-0.1, -0.05) is 0 Å². The summed E-state index contributed by atoms with van der Waals surface area (Å²) in [5.41, 5.74) is 1.60. The van der Waals surface area contributed by atoms with E-state index in [4.69, 9.17) is 9.84 Å². The molecule has 0 atom stereocenters. The molecule has 0 aliphatic heterocycles. The van der Waals surface area contributed by atoms with E-state index in [1.165, 1.54) is 27.6 Å². The van der Waals surface area contributed by atoms with Gasteiger partial charge in [0.05, 0.1) is 19.0 Å². The van der Waals surface area contributed by atoms with Crippen molar-refractivity contribution in [1.82, 2.24) is 29.2 Å². The molecule has 0 radical (unpaired) electrons. The van der Waals surface area contributed by atoms with Gasteiger partial charge in [-0.15, -0.1) is 0 Å². The lowest BCUT2D eigenvalue weighted by Crippen LogP contribution is -2.09. The summed E-state index contributed by atoms with van der Waals surface area (Å²) in [6, 6.07) is 6.93. The SMILES string of the molecule is CCOC(=O)c1cnc2cccnn12.O=C(O)c1cnc2cccnn12. The summed E-state index contributed by atoms with van der Waals surface area (Å²) < 4.78 is 7.59. The molecule has 26 heavy (non-hydrogen) atoms. The van der Waals surface area contributed by atoms with Gasteiger partial charge in [-0.3, -0.25) is 0 Å². The summed E-state index contributed by atoms with van der Waals surface area (Å²) in [7, 11) is 0. The number of hydrogen-bond acceptors (Lipinski definition) is 7. The fraction of sp³-hybridized carbons (Fsp3) is 0.125. The van der Waals surface area contributed by atoms with Crippen molar-refractivity contribution in [1.29, 1.82) is 0 Å². The molecule has 132 valence electrons. The zero-order valence-corrected chi connectivity index (χ0v) is 13.7. The van der Waals surface area contributed by atoms with E-state index in [1.54, 1.807) is 37.4 Å². The highest BCUT2D eigenvalue weighted by Crippen LogP contribution is 2.05. The Labute approximate surface area is 146 Å². The molecule has 0 saturated heterocycles. The number of esters is 1. The van der Waals surface area contributed by atoms with Crippen LogP contribution in [0.25, 0.3) is 11.3 Å². The average molecular weight is 354 g/mol. The first kappa shape index (κ1) is 17.0. The topological polar surface area (TPSA) is 124 Å². The molecule has 1 N–H and O–H groups in total. The highest BCUT2D eigenvalue weighted by Gasteiger charge is 2.13. The molecule has 4 aromatic heterocycles. The van der Waals surface area contributed by atoms with Gasteiger partial charge in [0.15, 0.2) is 22.7 Å². The van der Waals surface area contributed by atoms with Gasteiger partial charge >= 0.3 is 11.9 Å². The number of ether oxygens (including phenoxy) is 1. The van der Waals surface area contributed by atoms with Crippen molar-refractivity contribution in [2.45, 2.75) is 6.92 Å². The van der Waals surface area contributed by atoms with E-state index >= 15 is 0 Å². The van der Waals surface area contributed by atoms with Gasteiger partial charge in [0.2, 0.25) is 0 Å². The second-order valence-electron chi connectivity index (χ2n) is 4.90. The minimum absolute atomic E-state index is 0.0746. The third kappa shape index (κ3) is 3.34. The molecule has 4 heterocycles. The van der Waals surface area contributed by atoms with Gasteiger partial charge in [0.25, 0.3) is 0 Å². The Morgan fingerprint density at radius 1 is 1.00 bits per heavy atom. The van der Waals surface area contributed by atoms with Crippen molar-refractivity contribution in [3.8, 4) is 0 Å². The van der Waals surface area contributed by atoms with Gasteiger partial charge < -0.3 is 9.84 Å². The first-order valence-electron chi connectivity index (χ1n) is 7.59. The zero-order valence-electron chi connectivity index (χ0n) is 13.7. The van der Waals surface area contributed by atoms with E-state index in [1.807, 2.05) is 0 Å². The maximum absolute atomic E-state index is 11.4. The minimum atomic E-state index is -1.03. The van der Waals surface area contributed by atoms with Crippen LogP contribution in [0.2, 0.25) is 0 Å². The standard InChI is InChI=1S/C9H9N3O2.C7H5N3O2/c1-2-14-9(13)7-6-10-8-4-3-5-11-12(7)8;11-7(12)5-4-8-6-2-1-3-9-10(5)6/h3-6H,2H2,1H3;1-4H,(H,11,12). The lowest BCUT2D eigenvalue weighted by atomic mass is 10.5. The van der Waals surface area contributed by atoms with Crippen LogP contribution < -0.4 is 0 Å². The number of nitrogens with zero attached hydrogens (tertiary/aromatic N) is 6. The molecule has 0 spiro atoms. The molecular formula is C16H14N6O4. The van der Waals surface area contributed by atoms with Crippen LogP contribution in [0.15, 0.2) is 49.1 Å². The predicted molar refractivity (Wildman–Crippen MR) is 88.9 cm³/mol. The van der Waals surface area contributed by atoms with E-state index in [0.717, 1.165) is 0 Å². The van der Waals surface area contributed by atoms with Crippen molar-refractivity contribution >= 4 is 23.2 Å². The van der Waals surface area contributed by atoms with E-state index in [2.05, 4.69) is 20.2 Å². The van der Waals surface area contributed by atoms with Gasteiger partial charge in [0.1, 0.15) is 0 Å². The molecule has 0 aliphatic rings. The van der Waals surface area contributed by atoms with Gasteiger partial charge in [-0.05, 0) is 31.2 Å². The Morgan fingerprint density at radius 2 is 1.54 bits per heavy atom. The number of carboxylic acid groups (broad SMARTS) is 1. The van der Waals surface area contributed by atoms with Crippen molar-refractivity contribution < 1.29 is 19.4 Å². The summed E-state index contributed by atoms with van der Waals surface area (Å²) in [5, 5.41) is 16.5. The number of rotatable bonds is 3. The number of aromatic nitrogens is 6. The lowest BCUT2D eigenvalue weighted by Gasteiger charge is -1.99. The van der Waals surface area contributed by atoms with Crippen molar-refractivity contribution in [2.75, 3.05) is 6.61 Å². The van der Waals surface area contributed by atoms with Crippen LogP contribution in [-0.2, 0) is 4.74 Å². The molecule has 0 aliphatic carbocycles. The highest BCUT2D eigenvalue weighted by atomic mass is 16.5. The maximum atomic E-state index is 11.4. The van der Waals surface area contributed by atoms with Crippen LogP contribution in [0.5, 0.6) is 0 Å². The number of carbonyl (C=O) groups is 2. The number of imidazole rings is 2. The van der Waals surface area contributed by atoms with Crippen molar-refractivity contribution in [2.24, 2.45) is 0 Å². The molecule has 0 bridgehead atoms. The third-order valence-corrected chi connectivity index (χ3v) is 3.26. The molecule has 0 fully saturated rings. The van der Waals surface area contributed by atoms with E-state index in [0.29, 0.717) is 23.6 Å². The Balaban J connectivity index is 0.000000152. The van der Waals surface area contributed by atoms with Crippen LogP contribution >= 0.6 is 0 Å². The quantitative estimate of drug-likeness (QED) is 0.547. The summed E-state index contributed by atoms with van der Waals surface area (Å²) in [6.45, 7) is 2.10. The Kier molecular flexibility index (Phi) is 4.83. The van der Waals surface area contributed by atoms with Gasteiger partial charge in [0, 0.05) is 12.4 Å². The number of fused-ring (bicyclic) bond motifs is 2. The van der Waals surface area contributed by atoms with Crippen molar-refractivity contribution in [3.63, 3.8) is 0 Å². The monoisotopic (exact) mass is 354 g/mol. The average Bonchev–Trinajstić information content (AvgIpc) is 3.27. The van der Waals surface area contributed by atoms with Crippen LogP contribution in [0.4, 0.5) is 0 Å². The van der Waals surface area contributed by atoms with Crippen LogP contribution in [0.3, 0.4) is 0 Å². The third-order valence-electron chi connectivity index (χ3n) is 3.26. The number of carbonyl (C=O) groups excluding carboxylic acids is 1. The Hall–Kier alpha value is -3.82.